The number of halogens is 3. The maximum absolute atomic E-state index is 12.2. The molecule has 2 N–H and O–H groups in total. The number of anilines is 1. The Labute approximate surface area is 141 Å². The number of carboxylic acids is 1. The molecule has 6 nitrogen and oxygen atoms in total. The molecule has 0 aliphatic carbocycles. The van der Waals surface area contributed by atoms with Gasteiger partial charge in [0.15, 0.2) is 5.13 Å². The lowest BCUT2D eigenvalue weighted by atomic mass is 10.2. The number of nitrogens with one attached hydrogen (secondary N) is 1. The van der Waals surface area contributed by atoms with E-state index in [1.54, 1.807) is 0 Å². The van der Waals surface area contributed by atoms with E-state index >= 15 is 0 Å². The fraction of sp³-hybridized carbons (Fsp3) is 0. The maximum atomic E-state index is 12.2. The monoisotopic (exact) mass is 430 g/mol. The summed E-state index contributed by atoms with van der Waals surface area (Å²) in [6.45, 7) is 0. The lowest BCUT2D eigenvalue weighted by Crippen LogP contribution is -2.14. The molecule has 0 bridgehead atoms. The number of aromatic carboxylic acids is 1. The zero-order chi connectivity index (χ0) is 15.8. The molecule has 0 radical (unpaired) electrons. The number of carboxylic acid groups (broad SMARTS) is 1. The maximum Gasteiger partial charge on any atom is 0.337 e. The molecular weight excluding hydrogens is 427 g/mol. The smallest absolute Gasteiger partial charge is 0.337 e. The summed E-state index contributed by atoms with van der Waals surface area (Å²) in [6, 6.07) is 1.97. The summed E-state index contributed by atoms with van der Waals surface area (Å²) in [7, 11) is -4.08. The minimum atomic E-state index is -4.08. The number of nitrogens with zero attached hydrogens (tertiary/aromatic N) is 1. The van der Waals surface area contributed by atoms with Crippen molar-refractivity contribution in [1.29, 1.82) is 0 Å². The van der Waals surface area contributed by atoms with E-state index in [0.717, 1.165) is 23.5 Å². The highest BCUT2D eigenvalue weighted by atomic mass is 79.9. The number of carbonyl (C=O) groups is 1. The molecule has 0 amide bonds. The summed E-state index contributed by atoms with van der Waals surface area (Å²) in [5, 5.41) is 8.76. The van der Waals surface area contributed by atoms with Crippen LogP contribution in [0.1, 0.15) is 10.4 Å². The summed E-state index contributed by atoms with van der Waals surface area (Å²) in [5.74, 6) is -1.36. The molecule has 0 atom stereocenters. The highest BCUT2D eigenvalue weighted by Crippen LogP contribution is 2.31. The van der Waals surface area contributed by atoms with Gasteiger partial charge in [0.25, 0.3) is 10.0 Å². The van der Waals surface area contributed by atoms with Gasteiger partial charge >= 0.3 is 5.97 Å². The molecule has 112 valence electrons. The Morgan fingerprint density at radius 3 is 2.52 bits per heavy atom. The van der Waals surface area contributed by atoms with Crippen LogP contribution < -0.4 is 4.72 Å². The van der Waals surface area contributed by atoms with E-state index in [1.165, 1.54) is 6.20 Å². The van der Waals surface area contributed by atoms with Gasteiger partial charge in [-0.3, -0.25) is 4.72 Å². The fourth-order valence-corrected chi connectivity index (χ4v) is 4.57. The second kappa shape index (κ2) is 6.09. The first kappa shape index (κ1) is 16.5. The molecule has 2 rings (SSSR count). The molecule has 0 spiro atoms. The van der Waals surface area contributed by atoms with Crippen molar-refractivity contribution in [3.8, 4) is 0 Å². The van der Waals surface area contributed by atoms with Crippen LogP contribution in [0.4, 0.5) is 5.13 Å². The normalized spacial score (nSPS) is 11.4. The molecule has 0 aliphatic rings. The third kappa shape index (κ3) is 3.67. The van der Waals surface area contributed by atoms with E-state index in [1.807, 2.05) is 0 Å². The van der Waals surface area contributed by atoms with Gasteiger partial charge < -0.3 is 5.11 Å². The van der Waals surface area contributed by atoms with E-state index in [-0.39, 0.29) is 20.7 Å². The summed E-state index contributed by atoms with van der Waals surface area (Å²) in [5.41, 5.74) is -0.359. The van der Waals surface area contributed by atoms with Gasteiger partial charge in [-0.1, -0.05) is 34.5 Å². The van der Waals surface area contributed by atoms with Crippen molar-refractivity contribution in [2.75, 3.05) is 4.72 Å². The summed E-state index contributed by atoms with van der Waals surface area (Å²) < 4.78 is 27.3. The minimum Gasteiger partial charge on any atom is -0.478 e. The number of aromatic nitrogens is 1. The lowest BCUT2D eigenvalue weighted by molar-refractivity contribution is 0.0697. The molecule has 1 aromatic carbocycles. The van der Waals surface area contributed by atoms with Crippen LogP contribution in [0.25, 0.3) is 0 Å². The van der Waals surface area contributed by atoms with Crippen LogP contribution in [0.2, 0.25) is 10.0 Å². The first-order chi connectivity index (χ1) is 9.70. The Hall–Kier alpha value is -0.870. The third-order valence-corrected chi connectivity index (χ3v) is 5.88. The Bertz CT molecular complexity index is 822. The third-order valence-electron chi connectivity index (χ3n) is 2.24. The molecule has 11 heteroatoms. The van der Waals surface area contributed by atoms with E-state index < -0.39 is 20.9 Å². The Balaban J connectivity index is 2.49. The van der Waals surface area contributed by atoms with Crippen molar-refractivity contribution >= 4 is 71.6 Å². The lowest BCUT2D eigenvalue weighted by Gasteiger charge is -2.09. The van der Waals surface area contributed by atoms with Gasteiger partial charge in [0.2, 0.25) is 0 Å². The van der Waals surface area contributed by atoms with Gasteiger partial charge in [-0.15, -0.1) is 0 Å². The van der Waals surface area contributed by atoms with Crippen LogP contribution in [-0.4, -0.2) is 24.5 Å². The van der Waals surface area contributed by atoms with Gasteiger partial charge in [0.05, 0.1) is 25.6 Å². The van der Waals surface area contributed by atoms with Crippen LogP contribution in [0, 0.1) is 0 Å². The largest absolute Gasteiger partial charge is 0.478 e. The Morgan fingerprint density at radius 1 is 1.33 bits per heavy atom. The number of benzene rings is 1. The Morgan fingerprint density at radius 2 is 2.00 bits per heavy atom. The predicted octanol–water partition coefficient (Wildman–Crippen LogP) is 3.71. The predicted molar refractivity (Wildman–Crippen MR) is 84.0 cm³/mol. The average Bonchev–Trinajstić information content (AvgIpc) is 2.72. The topological polar surface area (TPSA) is 96.4 Å². The number of thiazole rings is 1. The van der Waals surface area contributed by atoms with Gasteiger partial charge in [0, 0.05) is 0 Å². The van der Waals surface area contributed by atoms with Crippen LogP contribution in [0.15, 0.2) is 27.0 Å². The highest BCUT2D eigenvalue weighted by Gasteiger charge is 2.23. The molecule has 0 unspecified atom stereocenters. The van der Waals surface area contributed by atoms with E-state index in [2.05, 4.69) is 25.6 Å². The first-order valence-electron chi connectivity index (χ1n) is 5.07. The summed E-state index contributed by atoms with van der Waals surface area (Å²) in [4.78, 5) is 14.5. The zero-order valence-corrected chi connectivity index (χ0v) is 14.5. The molecule has 0 saturated heterocycles. The molecular formula is C10H5BrCl2N2O4S2. The van der Waals surface area contributed by atoms with Gasteiger partial charge in [-0.2, -0.15) is 0 Å². The van der Waals surface area contributed by atoms with E-state index in [0.29, 0.717) is 3.79 Å². The van der Waals surface area contributed by atoms with Crippen molar-refractivity contribution in [1.82, 2.24) is 4.98 Å². The van der Waals surface area contributed by atoms with Crippen LogP contribution in [-0.2, 0) is 10.0 Å². The van der Waals surface area contributed by atoms with Crippen molar-refractivity contribution in [3.05, 3.63) is 37.7 Å². The molecule has 21 heavy (non-hydrogen) atoms. The first-order valence-corrected chi connectivity index (χ1v) is 8.92. The fourth-order valence-electron chi connectivity index (χ4n) is 1.37. The highest BCUT2D eigenvalue weighted by molar-refractivity contribution is 9.11. The number of hydrogen-bond acceptors (Lipinski definition) is 5. The minimum absolute atomic E-state index is 0.116. The van der Waals surface area contributed by atoms with Gasteiger partial charge in [-0.25, -0.2) is 18.2 Å². The second-order valence-corrected chi connectivity index (χ2v) is 8.52. The average molecular weight is 432 g/mol. The quantitative estimate of drug-likeness (QED) is 0.768. The van der Waals surface area contributed by atoms with Crippen LogP contribution in [0.5, 0.6) is 0 Å². The Kier molecular flexibility index (Phi) is 4.79. The SMILES string of the molecule is O=C(O)c1cc(S(=O)(=O)Nc2ncc(Br)s2)c(Cl)cc1Cl. The van der Waals surface area contributed by atoms with Gasteiger partial charge in [0.1, 0.15) is 4.90 Å². The van der Waals surface area contributed by atoms with Crippen molar-refractivity contribution in [2.24, 2.45) is 0 Å². The molecule has 0 aliphatic heterocycles. The number of sulfonamides is 1. The summed E-state index contributed by atoms with van der Waals surface area (Å²) in [6.07, 6.45) is 1.43. The van der Waals surface area contributed by atoms with Crippen molar-refractivity contribution < 1.29 is 18.3 Å². The molecule has 0 fully saturated rings. The molecule has 0 saturated carbocycles. The van der Waals surface area contributed by atoms with Crippen molar-refractivity contribution in [2.45, 2.75) is 4.90 Å². The molecule has 1 aromatic heterocycles. The molecule has 1 heterocycles. The summed E-state index contributed by atoms with van der Waals surface area (Å²) >= 11 is 15.8. The number of rotatable bonds is 4. The molecule has 2 aromatic rings. The zero-order valence-electron chi connectivity index (χ0n) is 9.80. The van der Waals surface area contributed by atoms with Crippen LogP contribution in [0.3, 0.4) is 0 Å². The van der Waals surface area contributed by atoms with Crippen LogP contribution >= 0.6 is 50.5 Å². The number of hydrogen-bond donors (Lipinski definition) is 2. The van der Waals surface area contributed by atoms with E-state index in [4.69, 9.17) is 28.3 Å². The second-order valence-electron chi connectivity index (χ2n) is 3.64. The van der Waals surface area contributed by atoms with E-state index in [9.17, 15) is 13.2 Å². The van der Waals surface area contributed by atoms with Gasteiger partial charge in [-0.05, 0) is 28.1 Å². The standard InChI is InChI=1S/C10H5BrCl2N2O4S2/c11-8-3-14-10(20-8)15-21(18,19)7-1-4(9(16)17)5(12)2-6(7)13/h1-3H,(H,14,15)(H,16,17). The van der Waals surface area contributed by atoms with Crippen molar-refractivity contribution in [3.63, 3.8) is 0 Å².